The fraction of sp³-hybridized carbons (Fsp3) is 0.136. The van der Waals surface area contributed by atoms with Gasteiger partial charge < -0.3 is 15.4 Å². The highest BCUT2D eigenvalue weighted by atomic mass is 16.5. The number of aromatic nitrogens is 3. The van der Waals surface area contributed by atoms with Crippen molar-refractivity contribution >= 4 is 23.7 Å². The topological polar surface area (TPSA) is 120 Å². The second-order valence-corrected chi connectivity index (χ2v) is 6.38. The van der Waals surface area contributed by atoms with Gasteiger partial charge in [-0.3, -0.25) is 0 Å². The molecule has 0 saturated carbocycles. The third kappa shape index (κ3) is 4.89. The van der Waals surface area contributed by atoms with Crippen LogP contribution in [-0.4, -0.2) is 22.0 Å². The van der Waals surface area contributed by atoms with Crippen LogP contribution in [0.15, 0.2) is 42.5 Å². The summed E-state index contributed by atoms with van der Waals surface area (Å²) in [4.78, 5) is 12.9. The fourth-order valence-corrected chi connectivity index (χ4v) is 2.79. The van der Waals surface area contributed by atoms with E-state index in [0.29, 0.717) is 23.2 Å². The zero-order chi connectivity index (χ0) is 21.5. The Bertz CT molecular complexity index is 1150. The van der Waals surface area contributed by atoms with Crippen molar-refractivity contribution in [3.05, 3.63) is 64.7 Å². The standard InChI is InChI=1S/C22H19N7O/c1-14-11-17(5-4-10-23)12-15(2)19(14)30-22-28-20(25-3)27-21(29-22)26-18-8-6-16(13-24)7-9-18/h4-9,11-12H,1-3H3,(H2,25,26,27,28,29). The van der Waals surface area contributed by atoms with E-state index in [1.807, 2.05) is 32.0 Å². The predicted octanol–water partition coefficient (Wildman–Crippen LogP) is 4.47. The lowest BCUT2D eigenvalue weighted by Gasteiger charge is -2.13. The minimum absolute atomic E-state index is 0.136. The summed E-state index contributed by atoms with van der Waals surface area (Å²) in [6.07, 6.45) is 3.17. The van der Waals surface area contributed by atoms with Gasteiger partial charge in [0.25, 0.3) is 0 Å². The molecule has 0 amide bonds. The molecular weight excluding hydrogens is 378 g/mol. The van der Waals surface area contributed by atoms with Gasteiger partial charge in [0.1, 0.15) is 5.75 Å². The summed E-state index contributed by atoms with van der Waals surface area (Å²) in [7, 11) is 1.71. The number of rotatable bonds is 6. The van der Waals surface area contributed by atoms with E-state index >= 15 is 0 Å². The first-order valence-corrected chi connectivity index (χ1v) is 9.08. The molecule has 8 nitrogen and oxygen atoms in total. The largest absolute Gasteiger partial charge is 0.424 e. The summed E-state index contributed by atoms with van der Waals surface area (Å²) >= 11 is 0. The molecule has 3 rings (SSSR count). The van der Waals surface area contributed by atoms with Crippen LogP contribution in [0, 0.1) is 36.5 Å². The van der Waals surface area contributed by atoms with E-state index in [2.05, 4.69) is 31.7 Å². The Kier molecular flexibility index (Phi) is 6.21. The number of hydrogen-bond donors (Lipinski definition) is 2. The monoisotopic (exact) mass is 397 g/mol. The van der Waals surface area contributed by atoms with E-state index in [-0.39, 0.29) is 6.01 Å². The number of nitrogens with one attached hydrogen (secondary N) is 2. The van der Waals surface area contributed by atoms with Gasteiger partial charge in [0.05, 0.1) is 17.7 Å². The number of allylic oxidation sites excluding steroid dienone is 1. The summed E-state index contributed by atoms with van der Waals surface area (Å²) in [6, 6.07) is 15.0. The maximum atomic E-state index is 8.92. The van der Waals surface area contributed by atoms with Crippen LogP contribution in [0.2, 0.25) is 0 Å². The Balaban J connectivity index is 1.89. The number of benzene rings is 2. The fourth-order valence-electron chi connectivity index (χ4n) is 2.79. The summed E-state index contributed by atoms with van der Waals surface area (Å²) < 4.78 is 5.98. The number of aryl methyl sites for hydroxylation is 2. The quantitative estimate of drug-likeness (QED) is 0.585. The van der Waals surface area contributed by atoms with E-state index in [1.165, 1.54) is 6.08 Å². The molecular formula is C22H19N7O. The number of nitriles is 2. The molecule has 2 aromatic carbocycles. The maximum Gasteiger partial charge on any atom is 0.328 e. The van der Waals surface area contributed by atoms with Gasteiger partial charge in [-0.2, -0.15) is 25.5 Å². The highest BCUT2D eigenvalue weighted by Crippen LogP contribution is 2.29. The SMILES string of the molecule is CNc1nc(Nc2ccc(C#N)cc2)nc(Oc2c(C)cc(C=CC#N)cc2C)n1. The third-order valence-corrected chi connectivity index (χ3v) is 4.13. The summed E-state index contributed by atoms with van der Waals surface area (Å²) in [6.45, 7) is 3.84. The number of nitrogens with zero attached hydrogens (tertiary/aromatic N) is 5. The Labute approximate surface area is 174 Å². The predicted molar refractivity (Wildman–Crippen MR) is 114 cm³/mol. The van der Waals surface area contributed by atoms with Crippen LogP contribution in [0.25, 0.3) is 6.08 Å². The third-order valence-electron chi connectivity index (χ3n) is 4.13. The molecule has 0 bridgehead atoms. The van der Waals surface area contributed by atoms with Gasteiger partial charge in [0.2, 0.25) is 11.9 Å². The second-order valence-electron chi connectivity index (χ2n) is 6.38. The van der Waals surface area contributed by atoms with E-state index in [4.69, 9.17) is 15.3 Å². The van der Waals surface area contributed by atoms with Gasteiger partial charge in [0.15, 0.2) is 0 Å². The molecule has 1 heterocycles. The minimum atomic E-state index is 0.136. The molecule has 0 atom stereocenters. The average molecular weight is 397 g/mol. The van der Waals surface area contributed by atoms with E-state index in [0.717, 1.165) is 22.4 Å². The highest BCUT2D eigenvalue weighted by molar-refractivity contribution is 5.58. The molecule has 148 valence electrons. The summed E-state index contributed by atoms with van der Waals surface area (Å²) in [5.74, 6) is 1.29. The van der Waals surface area contributed by atoms with Crippen LogP contribution in [0.5, 0.6) is 11.8 Å². The van der Waals surface area contributed by atoms with Crippen molar-refractivity contribution in [2.45, 2.75) is 13.8 Å². The van der Waals surface area contributed by atoms with Gasteiger partial charge in [-0.25, -0.2) is 0 Å². The molecule has 8 heteroatoms. The van der Waals surface area contributed by atoms with Gasteiger partial charge >= 0.3 is 6.01 Å². The molecule has 1 aromatic heterocycles. The first kappa shape index (κ1) is 20.3. The average Bonchev–Trinajstić information content (AvgIpc) is 2.75. The molecule has 0 unspecified atom stereocenters. The van der Waals surface area contributed by atoms with Crippen molar-refractivity contribution in [1.29, 1.82) is 10.5 Å². The minimum Gasteiger partial charge on any atom is -0.424 e. The lowest BCUT2D eigenvalue weighted by atomic mass is 10.1. The number of hydrogen-bond acceptors (Lipinski definition) is 8. The first-order valence-electron chi connectivity index (χ1n) is 9.08. The molecule has 0 radical (unpaired) electrons. The van der Waals surface area contributed by atoms with Gasteiger partial charge in [-0.1, -0.05) is 0 Å². The van der Waals surface area contributed by atoms with Crippen molar-refractivity contribution in [3.8, 4) is 23.9 Å². The molecule has 30 heavy (non-hydrogen) atoms. The lowest BCUT2D eigenvalue weighted by Crippen LogP contribution is -2.06. The number of ether oxygens (including phenoxy) is 1. The lowest BCUT2D eigenvalue weighted by molar-refractivity contribution is 0.435. The van der Waals surface area contributed by atoms with E-state index in [9.17, 15) is 0 Å². The number of anilines is 3. The maximum absolute atomic E-state index is 8.92. The van der Waals surface area contributed by atoms with Crippen LogP contribution in [0.1, 0.15) is 22.3 Å². The Hall–Kier alpha value is -4.43. The van der Waals surface area contributed by atoms with Crippen molar-refractivity contribution in [2.75, 3.05) is 17.7 Å². The molecule has 0 aliphatic heterocycles. The smallest absolute Gasteiger partial charge is 0.328 e. The molecule has 2 N–H and O–H groups in total. The Morgan fingerprint density at radius 1 is 0.967 bits per heavy atom. The molecule has 0 fully saturated rings. The van der Waals surface area contributed by atoms with Crippen LogP contribution < -0.4 is 15.4 Å². The van der Waals surface area contributed by atoms with Crippen LogP contribution >= 0.6 is 0 Å². The van der Waals surface area contributed by atoms with Crippen molar-refractivity contribution in [1.82, 2.24) is 15.0 Å². The van der Waals surface area contributed by atoms with E-state index < -0.39 is 0 Å². The Morgan fingerprint density at radius 2 is 1.63 bits per heavy atom. The van der Waals surface area contributed by atoms with Crippen LogP contribution in [-0.2, 0) is 0 Å². The van der Waals surface area contributed by atoms with Crippen molar-refractivity contribution < 1.29 is 4.74 Å². The van der Waals surface area contributed by atoms with Gasteiger partial charge in [0, 0.05) is 18.8 Å². The first-order chi connectivity index (χ1) is 14.5. The molecule has 0 spiro atoms. The highest BCUT2D eigenvalue weighted by Gasteiger charge is 2.12. The van der Waals surface area contributed by atoms with E-state index in [1.54, 1.807) is 37.4 Å². The van der Waals surface area contributed by atoms with Crippen LogP contribution in [0.4, 0.5) is 17.6 Å². The van der Waals surface area contributed by atoms with Gasteiger partial charge in [-0.15, -0.1) is 0 Å². The summed E-state index contributed by atoms with van der Waals surface area (Å²) in [5.41, 5.74) is 3.99. The summed E-state index contributed by atoms with van der Waals surface area (Å²) in [5, 5.41) is 23.6. The van der Waals surface area contributed by atoms with Crippen molar-refractivity contribution in [3.63, 3.8) is 0 Å². The normalized spacial score (nSPS) is 10.3. The molecule has 0 aliphatic carbocycles. The Morgan fingerprint density at radius 3 is 2.23 bits per heavy atom. The van der Waals surface area contributed by atoms with Crippen LogP contribution in [0.3, 0.4) is 0 Å². The molecule has 0 aliphatic rings. The second kappa shape index (κ2) is 9.18. The zero-order valence-electron chi connectivity index (χ0n) is 16.8. The van der Waals surface area contributed by atoms with Crippen molar-refractivity contribution in [2.24, 2.45) is 0 Å². The molecule has 3 aromatic rings. The molecule has 0 saturated heterocycles. The van der Waals surface area contributed by atoms with Gasteiger partial charge in [-0.05, 0) is 73.0 Å². The zero-order valence-corrected chi connectivity index (χ0v) is 16.8.